The SMILES string of the molecule is CSCCCN1CCCCC1C(=O)Nc1ccc(Oc2ccccc2)nc1. The number of aromatic nitrogens is 1. The molecule has 1 aromatic heterocycles. The molecule has 1 aliphatic heterocycles. The summed E-state index contributed by atoms with van der Waals surface area (Å²) in [6, 6.07) is 13.1. The van der Waals surface area contributed by atoms with E-state index >= 15 is 0 Å². The van der Waals surface area contributed by atoms with Crippen LogP contribution >= 0.6 is 11.8 Å². The van der Waals surface area contributed by atoms with Crippen LogP contribution < -0.4 is 10.1 Å². The second-order valence-electron chi connectivity index (χ2n) is 6.68. The van der Waals surface area contributed by atoms with E-state index in [2.05, 4.69) is 21.5 Å². The molecule has 1 unspecified atom stereocenters. The third kappa shape index (κ3) is 5.97. The van der Waals surface area contributed by atoms with E-state index in [0.29, 0.717) is 11.6 Å². The van der Waals surface area contributed by atoms with Crippen LogP contribution in [0.2, 0.25) is 0 Å². The quantitative estimate of drug-likeness (QED) is 0.682. The Morgan fingerprint density at radius 2 is 2.11 bits per heavy atom. The van der Waals surface area contributed by atoms with Gasteiger partial charge in [0.25, 0.3) is 0 Å². The van der Waals surface area contributed by atoms with Gasteiger partial charge in [-0.2, -0.15) is 11.8 Å². The van der Waals surface area contributed by atoms with Gasteiger partial charge in [0.2, 0.25) is 11.8 Å². The zero-order valence-corrected chi connectivity index (χ0v) is 16.6. The second kappa shape index (κ2) is 10.3. The van der Waals surface area contributed by atoms with Crippen molar-refractivity contribution in [3.8, 4) is 11.6 Å². The first-order valence-electron chi connectivity index (χ1n) is 9.49. The number of para-hydroxylation sites is 1. The maximum absolute atomic E-state index is 12.8. The molecule has 0 spiro atoms. The highest BCUT2D eigenvalue weighted by Gasteiger charge is 2.28. The molecule has 6 heteroatoms. The molecule has 0 saturated carbocycles. The smallest absolute Gasteiger partial charge is 0.241 e. The average Bonchev–Trinajstić information content (AvgIpc) is 2.71. The van der Waals surface area contributed by atoms with Crippen LogP contribution in [0.4, 0.5) is 5.69 Å². The normalized spacial score (nSPS) is 17.4. The van der Waals surface area contributed by atoms with Crippen molar-refractivity contribution >= 4 is 23.4 Å². The monoisotopic (exact) mass is 385 g/mol. The van der Waals surface area contributed by atoms with Crippen LogP contribution in [0.15, 0.2) is 48.7 Å². The number of amides is 1. The Bertz CT molecular complexity index is 709. The molecule has 1 amide bonds. The van der Waals surface area contributed by atoms with E-state index in [9.17, 15) is 4.79 Å². The van der Waals surface area contributed by atoms with E-state index in [0.717, 1.165) is 43.9 Å². The summed E-state index contributed by atoms with van der Waals surface area (Å²) < 4.78 is 5.69. The van der Waals surface area contributed by atoms with Crippen LogP contribution in [-0.2, 0) is 4.79 Å². The summed E-state index contributed by atoms with van der Waals surface area (Å²) in [5.41, 5.74) is 0.704. The molecule has 3 rings (SSSR count). The van der Waals surface area contributed by atoms with Crippen molar-refractivity contribution < 1.29 is 9.53 Å². The molecule has 0 radical (unpaired) electrons. The molecule has 5 nitrogen and oxygen atoms in total. The number of ether oxygens (including phenoxy) is 1. The number of pyridine rings is 1. The van der Waals surface area contributed by atoms with Gasteiger partial charge in [-0.1, -0.05) is 24.6 Å². The van der Waals surface area contributed by atoms with Gasteiger partial charge < -0.3 is 10.1 Å². The van der Waals surface area contributed by atoms with E-state index in [-0.39, 0.29) is 11.9 Å². The van der Waals surface area contributed by atoms with Crippen molar-refractivity contribution in [2.75, 3.05) is 30.4 Å². The number of carbonyl (C=O) groups excluding carboxylic acids is 1. The largest absolute Gasteiger partial charge is 0.439 e. The highest BCUT2D eigenvalue weighted by molar-refractivity contribution is 7.98. The highest BCUT2D eigenvalue weighted by atomic mass is 32.2. The van der Waals surface area contributed by atoms with Crippen LogP contribution in [0.25, 0.3) is 0 Å². The Labute approximate surface area is 165 Å². The van der Waals surface area contributed by atoms with Gasteiger partial charge in [-0.3, -0.25) is 9.69 Å². The molecule has 0 bridgehead atoms. The van der Waals surface area contributed by atoms with E-state index in [4.69, 9.17) is 4.74 Å². The van der Waals surface area contributed by atoms with Crippen LogP contribution in [0.1, 0.15) is 25.7 Å². The Kier molecular flexibility index (Phi) is 7.54. The summed E-state index contributed by atoms with van der Waals surface area (Å²) in [6.45, 7) is 2.00. The summed E-state index contributed by atoms with van der Waals surface area (Å²) in [5.74, 6) is 2.45. The van der Waals surface area contributed by atoms with Crippen molar-refractivity contribution in [3.63, 3.8) is 0 Å². The lowest BCUT2D eigenvalue weighted by atomic mass is 10.0. The Hall–Kier alpha value is -2.05. The number of thioether (sulfide) groups is 1. The van der Waals surface area contributed by atoms with E-state index < -0.39 is 0 Å². The molecule has 1 aliphatic rings. The van der Waals surface area contributed by atoms with Gasteiger partial charge in [0.15, 0.2) is 0 Å². The van der Waals surface area contributed by atoms with Gasteiger partial charge in [-0.15, -0.1) is 0 Å². The fourth-order valence-corrected chi connectivity index (χ4v) is 3.73. The molecule has 0 aliphatic carbocycles. The highest BCUT2D eigenvalue weighted by Crippen LogP contribution is 2.22. The van der Waals surface area contributed by atoms with Crippen molar-refractivity contribution in [3.05, 3.63) is 48.7 Å². The Morgan fingerprint density at radius 1 is 1.26 bits per heavy atom. The number of anilines is 1. The maximum Gasteiger partial charge on any atom is 0.241 e. The average molecular weight is 386 g/mol. The number of rotatable bonds is 8. The first-order chi connectivity index (χ1) is 13.3. The minimum absolute atomic E-state index is 0.0409. The standard InChI is InChI=1S/C21H27N3O2S/c1-27-15-7-14-24-13-6-5-10-19(24)21(25)23-17-11-12-20(22-16-17)26-18-8-3-2-4-9-18/h2-4,8-9,11-12,16,19H,5-7,10,13-15H2,1H3,(H,23,25). The summed E-state index contributed by atoms with van der Waals surface area (Å²) in [5, 5.41) is 3.02. The first kappa shape index (κ1) is 19.7. The minimum Gasteiger partial charge on any atom is -0.439 e. The topological polar surface area (TPSA) is 54.5 Å². The zero-order valence-electron chi connectivity index (χ0n) is 15.8. The number of benzene rings is 1. The minimum atomic E-state index is -0.0409. The summed E-state index contributed by atoms with van der Waals surface area (Å²) in [6.07, 6.45) is 8.11. The van der Waals surface area contributed by atoms with E-state index in [1.54, 1.807) is 12.3 Å². The third-order valence-corrected chi connectivity index (χ3v) is 5.38. The molecule has 1 atom stereocenters. The van der Waals surface area contributed by atoms with Gasteiger partial charge in [0, 0.05) is 6.07 Å². The fourth-order valence-electron chi connectivity index (χ4n) is 3.32. The van der Waals surface area contributed by atoms with Crippen LogP contribution in [0.3, 0.4) is 0 Å². The van der Waals surface area contributed by atoms with Crippen molar-refractivity contribution in [1.29, 1.82) is 0 Å². The molecule has 2 heterocycles. The summed E-state index contributed by atoms with van der Waals surface area (Å²) in [7, 11) is 0. The molecular weight excluding hydrogens is 358 g/mol. The molecule has 1 N–H and O–H groups in total. The second-order valence-corrected chi connectivity index (χ2v) is 7.67. The van der Waals surface area contributed by atoms with Crippen molar-refractivity contribution in [1.82, 2.24) is 9.88 Å². The number of nitrogens with zero attached hydrogens (tertiary/aromatic N) is 2. The number of carbonyl (C=O) groups is 1. The number of hydrogen-bond acceptors (Lipinski definition) is 5. The fraction of sp³-hybridized carbons (Fsp3) is 0.429. The molecule has 1 saturated heterocycles. The lowest BCUT2D eigenvalue weighted by Crippen LogP contribution is -2.47. The van der Waals surface area contributed by atoms with E-state index in [1.165, 1.54) is 6.42 Å². The summed E-state index contributed by atoms with van der Waals surface area (Å²) >= 11 is 1.86. The third-order valence-electron chi connectivity index (χ3n) is 4.68. The molecule has 1 fully saturated rings. The lowest BCUT2D eigenvalue weighted by Gasteiger charge is -2.34. The molecule has 2 aromatic rings. The number of nitrogens with one attached hydrogen (secondary N) is 1. The number of likely N-dealkylation sites (tertiary alicyclic amines) is 1. The van der Waals surface area contributed by atoms with Crippen LogP contribution in [0, 0.1) is 0 Å². The Morgan fingerprint density at radius 3 is 2.85 bits per heavy atom. The van der Waals surface area contributed by atoms with E-state index in [1.807, 2.05) is 48.2 Å². The van der Waals surface area contributed by atoms with Crippen LogP contribution in [0.5, 0.6) is 11.6 Å². The van der Waals surface area contributed by atoms with Gasteiger partial charge in [-0.25, -0.2) is 4.98 Å². The van der Waals surface area contributed by atoms with Gasteiger partial charge in [0.1, 0.15) is 5.75 Å². The predicted molar refractivity (Wildman–Crippen MR) is 112 cm³/mol. The molecule has 27 heavy (non-hydrogen) atoms. The van der Waals surface area contributed by atoms with Gasteiger partial charge >= 0.3 is 0 Å². The van der Waals surface area contributed by atoms with Gasteiger partial charge in [-0.05, 0) is 62.6 Å². The molecular formula is C21H27N3O2S. The first-order valence-corrected chi connectivity index (χ1v) is 10.9. The predicted octanol–water partition coefficient (Wildman–Crippen LogP) is 4.42. The number of piperidine rings is 1. The molecule has 144 valence electrons. The zero-order chi connectivity index (χ0) is 18.9. The maximum atomic E-state index is 12.8. The lowest BCUT2D eigenvalue weighted by molar-refractivity contribution is -0.122. The number of hydrogen-bond donors (Lipinski definition) is 1. The Balaban J connectivity index is 1.56. The molecule has 1 aromatic carbocycles. The van der Waals surface area contributed by atoms with Crippen LogP contribution in [-0.4, -0.2) is 46.9 Å². The summed E-state index contributed by atoms with van der Waals surface area (Å²) in [4.78, 5) is 19.4. The van der Waals surface area contributed by atoms with Crippen molar-refractivity contribution in [2.24, 2.45) is 0 Å². The van der Waals surface area contributed by atoms with Crippen molar-refractivity contribution in [2.45, 2.75) is 31.7 Å². The van der Waals surface area contributed by atoms with Gasteiger partial charge in [0.05, 0.1) is 17.9 Å².